The molecular weight excluding hydrogens is 299 g/mol. The molecule has 0 aromatic heterocycles. The van der Waals surface area contributed by atoms with E-state index >= 15 is 0 Å². The summed E-state index contributed by atoms with van der Waals surface area (Å²) in [6.45, 7) is -3.24. The molecule has 2 aromatic carbocycles. The van der Waals surface area contributed by atoms with E-state index in [4.69, 9.17) is 4.74 Å². The first-order valence-electron chi connectivity index (χ1n) is 6.26. The fraction of sp³-hybridized carbons (Fsp3) is 0.133. The molecule has 0 atom stereocenters. The first kappa shape index (κ1) is 15.7. The Hall–Kier alpha value is -2.70. The van der Waals surface area contributed by atoms with Gasteiger partial charge in [0, 0.05) is 11.8 Å². The Balaban J connectivity index is 1.87. The zero-order valence-electron chi connectivity index (χ0n) is 11.3. The van der Waals surface area contributed by atoms with Gasteiger partial charge in [-0.3, -0.25) is 4.79 Å². The van der Waals surface area contributed by atoms with Crippen molar-refractivity contribution in [3.63, 3.8) is 0 Å². The van der Waals surface area contributed by atoms with E-state index < -0.39 is 18.3 Å². The van der Waals surface area contributed by atoms with Crippen molar-refractivity contribution < 1.29 is 27.4 Å². The van der Waals surface area contributed by atoms with Crippen LogP contribution in [0.15, 0.2) is 48.5 Å². The summed E-state index contributed by atoms with van der Waals surface area (Å²) in [5.41, 5.74) is 0.297. The zero-order chi connectivity index (χ0) is 15.9. The quantitative estimate of drug-likeness (QED) is 0.889. The first-order chi connectivity index (χ1) is 10.5. The molecule has 22 heavy (non-hydrogen) atoms. The summed E-state index contributed by atoms with van der Waals surface area (Å²) in [4.78, 5) is 11.7. The lowest BCUT2D eigenvalue weighted by atomic mass is 10.3. The molecule has 0 spiro atoms. The van der Waals surface area contributed by atoms with Gasteiger partial charge in [-0.2, -0.15) is 8.78 Å². The van der Waals surface area contributed by atoms with Crippen molar-refractivity contribution in [1.29, 1.82) is 0 Å². The van der Waals surface area contributed by atoms with E-state index in [9.17, 15) is 18.0 Å². The lowest BCUT2D eigenvalue weighted by molar-refractivity contribution is -0.118. The lowest BCUT2D eigenvalue weighted by Gasteiger charge is -2.09. The number of halogens is 3. The predicted octanol–water partition coefficient (Wildman–Crippen LogP) is 3.44. The van der Waals surface area contributed by atoms with Crippen LogP contribution in [0.3, 0.4) is 0 Å². The summed E-state index contributed by atoms with van der Waals surface area (Å²) >= 11 is 0. The fourth-order valence-corrected chi connectivity index (χ4v) is 1.63. The average Bonchev–Trinajstić information content (AvgIpc) is 2.46. The third-order valence-corrected chi connectivity index (χ3v) is 2.53. The van der Waals surface area contributed by atoms with Gasteiger partial charge < -0.3 is 14.8 Å². The first-order valence-corrected chi connectivity index (χ1v) is 6.26. The van der Waals surface area contributed by atoms with Crippen molar-refractivity contribution >= 4 is 11.6 Å². The highest BCUT2D eigenvalue weighted by Crippen LogP contribution is 2.19. The number of hydrogen-bond acceptors (Lipinski definition) is 3. The van der Waals surface area contributed by atoms with E-state index in [0.29, 0.717) is 11.4 Å². The molecule has 0 unspecified atom stereocenters. The molecule has 1 amide bonds. The maximum Gasteiger partial charge on any atom is 0.387 e. The Morgan fingerprint density at radius 3 is 2.50 bits per heavy atom. The number of amides is 1. The summed E-state index contributed by atoms with van der Waals surface area (Å²) in [6.07, 6.45) is 0. The minimum Gasteiger partial charge on any atom is -0.484 e. The Morgan fingerprint density at radius 2 is 1.82 bits per heavy atom. The van der Waals surface area contributed by atoms with Gasteiger partial charge in [-0.25, -0.2) is 4.39 Å². The maximum atomic E-state index is 12.7. The van der Waals surface area contributed by atoms with Gasteiger partial charge in [-0.1, -0.05) is 6.07 Å². The van der Waals surface area contributed by atoms with Crippen LogP contribution < -0.4 is 14.8 Å². The van der Waals surface area contributed by atoms with Crippen LogP contribution in [0, 0.1) is 5.82 Å². The minimum atomic E-state index is -2.94. The van der Waals surface area contributed by atoms with Gasteiger partial charge >= 0.3 is 6.61 Å². The Morgan fingerprint density at radius 1 is 1.09 bits per heavy atom. The second-order valence-corrected chi connectivity index (χ2v) is 4.20. The van der Waals surface area contributed by atoms with E-state index in [2.05, 4.69) is 10.1 Å². The SMILES string of the molecule is O=C(COc1ccc(F)cc1)Nc1cccc(OC(F)F)c1. The highest BCUT2D eigenvalue weighted by molar-refractivity contribution is 5.92. The standard InChI is InChI=1S/C15H12F3NO3/c16-10-4-6-12(7-5-10)21-9-14(20)19-11-2-1-3-13(8-11)22-15(17)18/h1-8,15H,9H2,(H,19,20). The number of nitrogens with one attached hydrogen (secondary N) is 1. The van der Waals surface area contributed by atoms with Gasteiger partial charge in [0.2, 0.25) is 0 Å². The van der Waals surface area contributed by atoms with Crippen LogP contribution in [-0.2, 0) is 4.79 Å². The van der Waals surface area contributed by atoms with Crippen LogP contribution in [-0.4, -0.2) is 19.1 Å². The molecule has 0 aliphatic rings. The molecule has 2 rings (SSSR count). The minimum absolute atomic E-state index is 0.0627. The predicted molar refractivity (Wildman–Crippen MR) is 73.6 cm³/mol. The molecule has 0 aliphatic heterocycles. The van der Waals surface area contributed by atoms with Crippen molar-refractivity contribution in [2.24, 2.45) is 0 Å². The molecule has 0 radical (unpaired) electrons. The highest BCUT2D eigenvalue weighted by Gasteiger charge is 2.07. The largest absolute Gasteiger partial charge is 0.484 e. The van der Waals surface area contributed by atoms with Crippen LogP contribution in [0.25, 0.3) is 0 Å². The normalized spacial score (nSPS) is 10.4. The summed E-state index contributed by atoms with van der Waals surface area (Å²) in [6, 6.07) is 10.8. The van der Waals surface area contributed by atoms with Gasteiger partial charge in [0.25, 0.3) is 5.91 Å². The van der Waals surface area contributed by atoms with Crippen molar-refractivity contribution in [3.8, 4) is 11.5 Å². The van der Waals surface area contributed by atoms with Crippen molar-refractivity contribution in [3.05, 3.63) is 54.3 Å². The highest BCUT2D eigenvalue weighted by atomic mass is 19.3. The van der Waals surface area contributed by atoms with E-state index in [1.54, 1.807) is 0 Å². The number of hydrogen-bond donors (Lipinski definition) is 1. The molecule has 0 aliphatic carbocycles. The summed E-state index contributed by atoms with van der Waals surface area (Å²) in [5, 5.41) is 2.47. The fourth-order valence-electron chi connectivity index (χ4n) is 1.63. The molecule has 1 N–H and O–H groups in total. The molecular formula is C15H12F3NO3. The Kier molecular flexibility index (Phi) is 5.24. The Labute approximate surface area is 124 Å². The van der Waals surface area contributed by atoms with Gasteiger partial charge in [0.05, 0.1) is 0 Å². The van der Waals surface area contributed by atoms with Crippen molar-refractivity contribution in [1.82, 2.24) is 0 Å². The smallest absolute Gasteiger partial charge is 0.387 e. The van der Waals surface area contributed by atoms with Crippen LogP contribution in [0.4, 0.5) is 18.9 Å². The van der Waals surface area contributed by atoms with Crippen LogP contribution in [0.2, 0.25) is 0 Å². The van der Waals surface area contributed by atoms with Gasteiger partial charge in [0.15, 0.2) is 6.61 Å². The van der Waals surface area contributed by atoms with E-state index in [1.807, 2.05) is 0 Å². The van der Waals surface area contributed by atoms with Crippen LogP contribution >= 0.6 is 0 Å². The molecule has 2 aromatic rings. The molecule has 0 bridgehead atoms. The maximum absolute atomic E-state index is 12.7. The number of anilines is 1. The van der Waals surface area contributed by atoms with Crippen molar-refractivity contribution in [2.75, 3.05) is 11.9 Å². The second kappa shape index (κ2) is 7.35. The molecule has 4 nitrogen and oxygen atoms in total. The molecule has 116 valence electrons. The number of carbonyl (C=O) groups is 1. The van der Waals surface area contributed by atoms with Gasteiger partial charge in [-0.15, -0.1) is 0 Å². The number of carbonyl (C=O) groups excluding carboxylic acids is 1. The van der Waals surface area contributed by atoms with Crippen LogP contribution in [0.5, 0.6) is 11.5 Å². The monoisotopic (exact) mass is 311 g/mol. The van der Waals surface area contributed by atoms with Crippen LogP contribution in [0.1, 0.15) is 0 Å². The zero-order valence-corrected chi connectivity index (χ0v) is 11.3. The summed E-state index contributed by atoms with van der Waals surface area (Å²) < 4.78 is 46.3. The Bertz CT molecular complexity index is 632. The topological polar surface area (TPSA) is 47.6 Å². The number of benzene rings is 2. The molecule has 0 fully saturated rings. The number of ether oxygens (including phenoxy) is 2. The third kappa shape index (κ3) is 5.01. The van der Waals surface area contributed by atoms with E-state index in [1.165, 1.54) is 48.5 Å². The van der Waals surface area contributed by atoms with E-state index in [0.717, 1.165) is 0 Å². The van der Waals surface area contributed by atoms with Crippen molar-refractivity contribution in [2.45, 2.75) is 6.61 Å². The lowest BCUT2D eigenvalue weighted by Crippen LogP contribution is -2.20. The van der Waals surface area contributed by atoms with Gasteiger partial charge in [-0.05, 0) is 36.4 Å². The molecule has 0 saturated heterocycles. The number of rotatable bonds is 6. The number of alkyl halides is 2. The van der Waals surface area contributed by atoms with Gasteiger partial charge in [0.1, 0.15) is 17.3 Å². The van der Waals surface area contributed by atoms with E-state index in [-0.39, 0.29) is 12.4 Å². The molecule has 0 heterocycles. The molecule has 0 saturated carbocycles. The molecule has 7 heteroatoms. The average molecular weight is 311 g/mol. The summed E-state index contributed by atoms with van der Waals surface area (Å²) in [5.74, 6) is -0.621. The second-order valence-electron chi connectivity index (χ2n) is 4.20. The third-order valence-electron chi connectivity index (χ3n) is 2.53. The summed E-state index contributed by atoms with van der Waals surface area (Å²) in [7, 11) is 0.